The van der Waals surface area contributed by atoms with Crippen LogP contribution in [0.1, 0.15) is 98.4 Å². The smallest absolute Gasteiger partial charge is 0.338 e. The summed E-state index contributed by atoms with van der Waals surface area (Å²) >= 11 is 0. The van der Waals surface area contributed by atoms with Gasteiger partial charge in [0.1, 0.15) is 123 Å². The summed E-state index contributed by atoms with van der Waals surface area (Å²) in [5.41, 5.74) is 5.06. The molecule has 0 aliphatic carbocycles. The van der Waals surface area contributed by atoms with Crippen LogP contribution >= 0.6 is 0 Å². The summed E-state index contributed by atoms with van der Waals surface area (Å²) in [6.45, 7) is 10.5. The molecule has 0 aromatic heterocycles. The van der Waals surface area contributed by atoms with Gasteiger partial charge in [-0.25, -0.2) is 9.59 Å². The Hall–Kier alpha value is -4.82. The maximum atomic E-state index is 14.0. The third-order valence-electron chi connectivity index (χ3n) is 14.5. The SMILES string of the molecule is CC(C)=CCc1cc(C(=O)OCC2OC(OC3(CO)OC(COC(=O)c4cc(CC=C(C)C)c(OC5OC(CO)C(O)C(O)C5O)c(CC=C(C)C)c4)C(O)C3O)C(O)C(O)C2O)cc(CC=C(C)C)c1OC1OC(CO)C(O)C(O)C1O. The van der Waals surface area contributed by atoms with Crippen LogP contribution in [0.5, 0.6) is 11.5 Å². The summed E-state index contributed by atoms with van der Waals surface area (Å²) < 4.78 is 52.3. The summed E-state index contributed by atoms with van der Waals surface area (Å²) in [5, 5.41) is 150. The van der Waals surface area contributed by atoms with Crippen molar-refractivity contribution in [2.24, 2.45) is 0 Å². The van der Waals surface area contributed by atoms with Crippen molar-refractivity contribution in [1.82, 2.24) is 0 Å². The summed E-state index contributed by atoms with van der Waals surface area (Å²) in [4.78, 5) is 27.9. The molecule has 4 fully saturated rings. The minimum atomic E-state index is -2.63. The van der Waals surface area contributed by atoms with Gasteiger partial charge in [0.2, 0.25) is 18.4 Å². The van der Waals surface area contributed by atoms with E-state index in [0.717, 1.165) is 22.3 Å². The maximum absolute atomic E-state index is 14.0. The third-order valence-corrected chi connectivity index (χ3v) is 14.5. The lowest BCUT2D eigenvalue weighted by Gasteiger charge is -2.43. The van der Waals surface area contributed by atoms with Crippen LogP contribution in [-0.4, -0.2) is 233 Å². The minimum absolute atomic E-state index is 0.0256. The molecule has 25 nitrogen and oxygen atoms in total. The first kappa shape index (κ1) is 67.3. The zero-order valence-corrected chi connectivity index (χ0v) is 47.6. The van der Waals surface area contributed by atoms with Crippen LogP contribution in [0.2, 0.25) is 0 Å². The maximum Gasteiger partial charge on any atom is 0.338 e. The van der Waals surface area contributed by atoms with E-state index < -0.39 is 161 Å². The molecule has 14 N–H and O–H groups in total. The van der Waals surface area contributed by atoms with Crippen LogP contribution in [-0.2, 0) is 58.8 Å². The molecular formula is C58H82O25. The Balaban J connectivity index is 1.19. The van der Waals surface area contributed by atoms with Crippen molar-refractivity contribution in [1.29, 1.82) is 0 Å². The van der Waals surface area contributed by atoms with Gasteiger partial charge < -0.3 is 114 Å². The second kappa shape index (κ2) is 29.5. The Morgan fingerprint density at radius 2 is 0.771 bits per heavy atom. The number of aliphatic hydroxyl groups excluding tert-OH is 14. The Morgan fingerprint density at radius 1 is 0.446 bits per heavy atom. The van der Waals surface area contributed by atoms with E-state index in [1.807, 2.05) is 79.7 Å². The quantitative estimate of drug-likeness (QED) is 0.0455. The van der Waals surface area contributed by atoms with Gasteiger partial charge in [0.25, 0.3) is 0 Å². The Bertz CT molecular complexity index is 2550. The number of hydrogen-bond donors (Lipinski definition) is 14. The molecule has 83 heavy (non-hydrogen) atoms. The first-order chi connectivity index (χ1) is 39.1. The van der Waals surface area contributed by atoms with Gasteiger partial charge in [-0.2, -0.15) is 0 Å². The predicted molar refractivity (Wildman–Crippen MR) is 289 cm³/mol. The number of ether oxygens (including phenoxy) is 9. The fourth-order valence-corrected chi connectivity index (χ4v) is 9.56. The lowest BCUT2D eigenvalue weighted by atomic mass is 9.97. The van der Waals surface area contributed by atoms with Crippen LogP contribution in [0.4, 0.5) is 0 Å². The number of esters is 2. The molecule has 464 valence electrons. The van der Waals surface area contributed by atoms with Crippen LogP contribution in [0, 0.1) is 0 Å². The van der Waals surface area contributed by atoms with E-state index in [2.05, 4.69) is 0 Å². The van der Waals surface area contributed by atoms with Crippen molar-refractivity contribution in [2.45, 2.75) is 197 Å². The number of carbonyl (C=O) groups excluding carboxylic acids is 2. The van der Waals surface area contributed by atoms with Gasteiger partial charge in [-0.15, -0.1) is 0 Å². The summed E-state index contributed by atoms with van der Waals surface area (Å²) in [7, 11) is 0. The second-order valence-corrected chi connectivity index (χ2v) is 22.2. The topological polar surface area (TPSA) is 400 Å². The number of hydrogen-bond acceptors (Lipinski definition) is 25. The molecule has 19 unspecified atom stereocenters. The highest BCUT2D eigenvalue weighted by Gasteiger charge is 2.59. The second-order valence-electron chi connectivity index (χ2n) is 22.2. The molecule has 0 amide bonds. The van der Waals surface area contributed by atoms with Crippen molar-refractivity contribution in [3.05, 3.63) is 104 Å². The highest BCUT2D eigenvalue weighted by molar-refractivity contribution is 5.91. The first-order valence-corrected chi connectivity index (χ1v) is 27.3. The van der Waals surface area contributed by atoms with Crippen molar-refractivity contribution >= 4 is 11.9 Å². The molecule has 4 saturated heterocycles. The predicted octanol–water partition coefficient (Wildman–Crippen LogP) is -1.27. The molecule has 19 atom stereocenters. The Morgan fingerprint density at radius 3 is 1.11 bits per heavy atom. The van der Waals surface area contributed by atoms with Crippen molar-refractivity contribution in [2.75, 3.05) is 33.0 Å². The van der Waals surface area contributed by atoms with E-state index in [9.17, 15) is 81.1 Å². The molecule has 0 bridgehead atoms. The van der Waals surface area contributed by atoms with Gasteiger partial charge in [-0.3, -0.25) is 0 Å². The van der Waals surface area contributed by atoms with Gasteiger partial charge >= 0.3 is 11.9 Å². The Labute approximate surface area is 480 Å². The lowest BCUT2D eigenvalue weighted by molar-refractivity contribution is -0.383. The normalized spacial score (nSPS) is 33.4. The average Bonchev–Trinajstić information content (AvgIpc) is 3.95. The van der Waals surface area contributed by atoms with E-state index >= 15 is 0 Å². The largest absolute Gasteiger partial charge is 0.461 e. The van der Waals surface area contributed by atoms with E-state index in [4.69, 9.17) is 42.6 Å². The van der Waals surface area contributed by atoms with Gasteiger partial charge in [0.05, 0.1) is 24.3 Å². The molecule has 25 heteroatoms. The zero-order valence-electron chi connectivity index (χ0n) is 47.6. The fourth-order valence-electron chi connectivity index (χ4n) is 9.56. The monoisotopic (exact) mass is 1180 g/mol. The molecule has 4 aliphatic rings. The molecule has 6 rings (SSSR count). The molecule has 0 radical (unpaired) electrons. The van der Waals surface area contributed by atoms with Crippen LogP contribution in [0.3, 0.4) is 0 Å². The number of rotatable bonds is 23. The zero-order chi connectivity index (χ0) is 61.4. The number of aliphatic hydroxyl groups is 14. The van der Waals surface area contributed by atoms with Gasteiger partial charge in [0, 0.05) is 0 Å². The average molecular weight is 1180 g/mol. The van der Waals surface area contributed by atoms with Gasteiger partial charge in [-0.05, 0) is 128 Å². The third kappa shape index (κ3) is 16.2. The molecule has 0 spiro atoms. The standard InChI is InChI=1S/C58H82O25/c1-26(2)9-13-30-17-34(18-31(14-10-27(3)4)50(30)80-55-47(69)44(66)40(62)36(21-59)77-55)53(73)75-23-38-42(64)46(68)49(71)57(79-38)83-58(25-61)52(72)43(65)39(82-58)24-76-54(74)35-19-32(15-11-28(5)6)51(33(20-35)16-12-29(7)8)81-56-48(70)45(67)41(63)37(22-60)78-56/h9-12,17-20,36-49,52,55-57,59-72H,13-16,21-25H2,1-8H3. The first-order valence-electron chi connectivity index (χ1n) is 27.3. The number of carbonyl (C=O) groups is 2. The van der Waals surface area contributed by atoms with E-state index in [1.165, 1.54) is 24.3 Å². The molecule has 2 aromatic rings. The van der Waals surface area contributed by atoms with Crippen molar-refractivity contribution < 1.29 is 124 Å². The molecule has 0 saturated carbocycles. The summed E-state index contributed by atoms with van der Waals surface area (Å²) in [6, 6.07) is 5.76. The van der Waals surface area contributed by atoms with E-state index in [1.54, 1.807) is 0 Å². The van der Waals surface area contributed by atoms with Gasteiger partial charge in [-0.1, -0.05) is 46.6 Å². The van der Waals surface area contributed by atoms with Crippen molar-refractivity contribution in [3.63, 3.8) is 0 Å². The van der Waals surface area contributed by atoms with Crippen LogP contribution in [0.25, 0.3) is 0 Å². The highest BCUT2D eigenvalue weighted by atomic mass is 16.8. The number of benzene rings is 2. The van der Waals surface area contributed by atoms with Crippen LogP contribution in [0.15, 0.2) is 70.9 Å². The van der Waals surface area contributed by atoms with Crippen LogP contribution < -0.4 is 9.47 Å². The fraction of sp³-hybridized carbons (Fsp3) is 0.621. The molecule has 4 heterocycles. The highest BCUT2D eigenvalue weighted by Crippen LogP contribution is 2.39. The Kier molecular flexibility index (Phi) is 23.9. The minimum Gasteiger partial charge on any atom is -0.461 e. The molecule has 4 aliphatic heterocycles. The summed E-state index contributed by atoms with van der Waals surface area (Å²) in [6.07, 6.45) is -23.4. The molecule has 2 aromatic carbocycles. The van der Waals surface area contributed by atoms with E-state index in [-0.39, 0.29) is 48.3 Å². The van der Waals surface area contributed by atoms with Gasteiger partial charge in [0.15, 0.2) is 6.29 Å². The summed E-state index contributed by atoms with van der Waals surface area (Å²) in [5.74, 6) is -4.24. The van der Waals surface area contributed by atoms with E-state index in [0.29, 0.717) is 22.3 Å². The lowest BCUT2D eigenvalue weighted by Crippen LogP contribution is -2.62. The van der Waals surface area contributed by atoms with Crippen molar-refractivity contribution in [3.8, 4) is 11.5 Å². The number of allylic oxidation sites excluding steroid dienone is 8. The molecular weight excluding hydrogens is 1100 g/mol.